The molecule has 10 aromatic carbocycles. The lowest BCUT2D eigenvalue weighted by Gasteiger charge is -2.29. The molecule has 11 rings (SSSR count). The number of hydrogen-bond acceptors (Lipinski definition) is 2. The monoisotopic (exact) mass is 765 g/mol. The summed E-state index contributed by atoms with van der Waals surface area (Å²) in [6, 6.07) is 84.9. The van der Waals surface area contributed by atoms with Gasteiger partial charge in [0.1, 0.15) is 11.2 Å². The summed E-state index contributed by atoms with van der Waals surface area (Å²) in [5.74, 6) is 0. The first kappa shape index (κ1) is 35.2. The molecule has 282 valence electrons. The zero-order valence-corrected chi connectivity index (χ0v) is 32.9. The number of para-hydroxylation sites is 2. The van der Waals surface area contributed by atoms with Gasteiger partial charge in [0.15, 0.2) is 0 Å². The molecule has 0 unspecified atom stereocenters. The molecule has 0 bridgehead atoms. The molecule has 0 aliphatic carbocycles. The van der Waals surface area contributed by atoms with Crippen LogP contribution in [0.4, 0.5) is 17.1 Å². The summed E-state index contributed by atoms with van der Waals surface area (Å²) in [7, 11) is 0. The molecule has 0 N–H and O–H groups in total. The predicted octanol–water partition coefficient (Wildman–Crippen LogP) is 16.5. The molecule has 1 aromatic heterocycles. The summed E-state index contributed by atoms with van der Waals surface area (Å²) in [6.45, 7) is 0. The average molecular weight is 766 g/mol. The zero-order chi connectivity index (χ0) is 39.8. The highest BCUT2D eigenvalue weighted by Crippen LogP contribution is 2.45. The number of hydrogen-bond donors (Lipinski definition) is 0. The number of fused-ring (bicyclic) bond motifs is 4. The van der Waals surface area contributed by atoms with E-state index < -0.39 is 0 Å². The topological polar surface area (TPSA) is 16.4 Å². The zero-order valence-electron chi connectivity index (χ0n) is 32.9. The van der Waals surface area contributed by atoms with Gasteiger partial charge in [0.05, 0.1) is 5.69 Å². The number of benzene rings is 10. The van der Waals surface area contributed by atoms with Crippen LogP contribution in [0.1, 0.15) is 0 Å². The van der Waals surface area contributed by atoms with Gasteiger partial charge in [0, 0.05) is 27.7 Å². The minimum absolute atomic E-state index is 0.897. The van der Waals surface area contributed by atoms with Gasteiger partial charge >= 0.3 is 0 Å². The smallest absolute Gasteiger partial charge is 0.136 e. The van der Waals surface area contributed by atoms with E-state index >= 15 is 0 Å². The van der Waals surface area contributed by atoms with Gasteiger partial charge in [0.2, 0.25) is 0 Å². The fourth-order valence-corrected chi connectivity index (χ4v) is 8.77. The van der Waals surface area contributed by atoms with E-state index in [1.165, 1.54) is 49.7 Å². The SMILES string of the molecule is c1ccc(-c2ccccc2-c2ccccc2N(c2ccc(-c3cccc(-c4ccc5ccccc5c4)c3)cc2)c2ccc(-c3cccc4oc5ccccc5c34)cc2)cc1. The molecule has 0 saturated heterocycles. The molecule has 1 heterocycles. The highest BCUT2D eigenvalue weighted by Gasteiger charge is 2.20. The predicted molar refractivity (Wildman–Crippen MR) is 253 cm³/mol. The molecular formula is C58H39NO. The van der Waals surface area contributed by atoms with Crippen molar-refractivity contribution in [2.45, 2.75) is 0 Å². The summed E-state index contributed by atoms with van der Waals surface area (Å²) in [5.41, 5.74) is 16.8. The number of rotatable bonds is 8. The van der Waals surface area contributed by atoms with Gasteiger partial charge < -0.3 is 9.32 Å². The van der Waals surface area contributed by atoms with Gasteiger partial charge in [0.25, 0.3) is 0 Å². The maximum absolute atomic E-state index is 6.27. The van der Waals surface area contributed by atoms with Crippen molar-refractivity contribution < 1.29 is 4.42 Å². The summed E-state index contributed by atoms with van der Waals surface area (Å²) in [4.78, 5) is 2.39. The average Bonchev–Trinajstić information content (AvgIpc) is 3.72. The van der Waals surface area contributed by atoms with Crippen molar-refractivity contribution in [1.82, 2.24) is 0 Å². The molecule has 2 nitrogen and oxygen atoms in total. The van der Waals surface area contributed by atoms with Crippen LogP contribution in [0, 0.1) is 0 Å². The van der Waals surface area contributed by atoms with Crippen molar-refractivity contribution in [3.05, 3.63) is 237 Å². The second kappa shape index (κ2) is 15.1. The molecule has 0 amide bonds. The molecular weight excluding hydrogens is 727 g/mol. The standard InChI is InChI=1S/C58H39NO/c1-2-15-42(16-3-1)50-20-6-7-21-52(50)53-22-8-10-25-55(53)59(49-36-32-43(33-37-49)51-24-13-27-57-58(51)54-23-9-11-26-56(54)60-57)48-34-30-41(31-35-48)45-18-12-19-46(38-45)47-29-28-40-14-4-5-17-44(40)39-47/h1-39H. The van der Waals surface area contributed by atoms with Crippen LogP contribution in [0.25, 0.3) is 88.3 Å². The summed E-state index contributed by atoms with van der Waals surface area (Å²) in [5, 5.41) is 4.77. The second-order valence-electron chi connectivity index (χ2n) is 15.3. The maximum atomic E-state index is 6.27. The summed E-state index contributed by atoms with van der Waals surface area (Å²) in [6.07, 6.45) is 0. The highest BCUT2D eigenvalue weighted by atomic mass is 16.3. The Morgan fingerprint density at radius 2 is 0.800 bits per heavy atom. The van der Waals surface area contributed by atoms with Crippen molar-refractivity contribution in [3.63, 3.8) is 0 Å². The van der Waals surface area contributed by atoms with Gasteiger partial charge in [-0.05, 0) is 115 Å². The van der Waals surface area contributed by atoms with Crippen molar-refractivity contribution in [3.8, 4) is 55.6 Å². The van der Waals surface area contributed by atoms with Crippen LogP contribution in [0.3, 0.4) is 0 Å². The Hall–Kier alpha value is -7.94. The Labute approximate surface area is 349 Å². The molecule has 0 radical (unpaired) electrons. The molecule has 11 aromatic rings. The minimum Gasteiger partial charge on any atom is -0.456 e. The van der Waals surface area contributed by atoms with Gasteiger partial charge in [-0.1, -0.05) is 182 Å². The van der Waals surface area contributed by atoms with Crippen molar-refractivity contribution in [2.24, 2.45) is 0 Å². The van der Waals surface area contributed by atoms with Gasteiger partial charge in [-0.2, -0.15) is 0 Å². The van der Waals surface area contributed by atoms with E-state index in [0.29, 0.717) is 0 Å². The van der Waals surface area contributed by atoms with Crippen LogP contribution in [0.15, 0.2) is 241 Å². The van der Waals surface area contributed by atoms with E-state index in [4.69, 9.17) is 4.42 Å². The van der Waals surface area contributed by atoms with Gasteiger partial charge in [-0.25, -0.2) is 0 Å². The molecule has 0 spiro atoms. The van der Waals surface area contributed by atoms with Crippen LogP contribution in [-0.4, -0.2) is 0 Å². The van der Waals surface area contributed by atoms with Gasteiger partial charge in [-0.15, -0.1) is 0 Å². The normalized spacial score (nSPS) is 11.3. The van der Waals surface area contributed by atoms with E-state index in [0.717, 1.165) is 55.7 Å². The third-order valence-corrected chi connectivity index (χ3v) is 11.7. The van der Waals surface area contributed by atoms with E-state index in [1.54, 1.807) is 0 Å². The third kappa shape index (κ3) is 6.41. The largest absolute Gasteiger partial charge is 0.456 e. The van der Waals surface area contributed by atoms with Crippen molar-refractivity contribution in [1.29, 1.82) is 0 Å². The fraction of sp³-hybridized carbons (Fsp3) is 0. The number of anilines is 3. The van der Waals surface area contributed by atoms with Crippen LogP contribution < -0.4 is 4.90 Å². The Bertz CT molecular complexity index is 3310. The maximum Gasteiger partial charge on any atom is 0.136 e. The summed E-state index contributed by atoms with van der Waals surface area (Å²) < 4.78 is 6.27. The summed E-state index contributed by atoms with van der Waals surface area (Å²) >= 11 is 0. The van der Waals surface area contributed by atoms with Gasteiger partial charge in [-0.3, -0.25) is 0 Å². The molecule has 0 atom stereocenters. The Morgan fingerprint density at radius 3 is 1.60 bits per heavy atom. The first-order valence-corrected chi connectivity index (χ1v) is 20.5. The molecule has 0 aliphatic rings. The second-order valence-corrected chi connectivity index (χ2v) is 15.3. The fourth-order valence-electron chi connectivity index (χ4n) is 8.77. The Morgan fingerprint density at radius 1 is 0.283 bits per heavy atom. The lowest BCUT2D eigenvalue weighted by molar-refractivity contribution is 0.669. The number of furan rings is 1. The molecule has 0 aliphatic heterocycles. The molecule has 0 saturated carbocycles. The van der Waals surface area contributed by atoms with E-state index in [-0.39, 0.29) is 0 Å². The van der Waals surface area contributed by atoms with E-state index in [2.05, 4.69) is 229 Å². The third-order valence-electron chi connectivity index (χ3n) is 11.7. The molecule has 0 fully saturated rings. The molecule has 2 heteroatoms. The Balaban J connectivity index is 1.02. The van der Waals surface area contributed by atoms with E-state index in [1.807, 2.05) is 12.1 Å². The van der Waals surface area contributed by atoms with Crippen LogP contribution >= 0.6 is 0 Å². The molecule has 60 heavy (non-hydrogen) atoms. The number of nitrogens with zero attached hydrogens (tertiary/aromatic N) is 1. The van der Waals surface area contributed by atoms with Crippen LogP contribution in [0.2, 0.25) is 0 Å². The van der Waals surface area contributed by atoms with Crippen molar-refractivity contribution in [2.75, 3.05) is 4.90 Å². The first-order chi connectivity index (χ1) is 29.7. The van der Waals surface area contributed by atoms with Crippen LogP contribution in [0.5, 0.6) is 0 Å². The lowest BCUT2D eigenvalue weighted by Crippen LogP contribution is -2.11. The lowest BCUT2D eigenvalue weighted by atomic mass is 9.93. The van der Waals surface area contributed by atoms with Crippen molar-refractivity contribution >= 4 is 49.8 Å². The Kier molecular flexibility index (Phi) is 8.87. The highest BCUT2D eigenvalue weighted by molar-refractivity contribution is 6.12. The van der Waals surface area contributed by atoms with Crippen LogP contribution in [-0.2, 0) is 0 Å². The minimum atomic E-state index is 0.897. The van der Waals surface area contributed by atoms with E-state index in [9.17, 15) is 0 Å². The quantitative estimate of drug-likeness (QED) is 0.153. The first-order valence-electron chi connectivity index (χ1n) is 20.5.